The third kappa shape index (κ3) is 3.86. The van der Waals surface area contributed by atoms with E-state index in [2.05, 4.69) is 52.4 Å². The van der Waals surface area contributed by atoms with Gasteiger partial charge in [-0.1, -0.05) is 54.1 Å². The molecular formula is C23H20BrFN2O. The summed E-state index contributed by atoms with van der Waals surface area (Å²) in [6, 6.07) is 20.4. The second-order valence-electron chi connectivity index (χ2n) is 7.00. The summed E-state index contributed by atoms with van der Waals surface area (Å²) in [5.74, 6) is -0.0521. The minimum absolute atomic E-state index is 0.108. The average molecular weight is 439 g/mol. The molecule has 0 fully saturated rings. The zero-order chi connectivity index (χ0) is 19.7. The molecule has 0 spiro atoms. The highest BCUT2D eigenvalue weighted by molar-refractivity contribution is 9.10. The maximum Gasteiger partial charge on any atom is 0.137 e. The van der Waals surface area contributed by atoms with E-state index in [4.69, 9.17) is 4.99 Å². The van der Waals surface area contributed by atoms with Crippen LogP contribution in [0.4, 0.5) is 4.39 Å². The maximum atomic E-state index is 13.7. The molecule has 5 heteroatoms. The van der Waals surface area contributed by atoms with Crippen molar-refractivity contribution in [2.75, 3.05) is 0 Å². The SMILES string of the molecule is Cc1ccc(C2=N[C@@H](c3ccc(F)c(Br)c3)N[C@H](c3ccccc3O)C2)cc1. The van der Waals surface area contributed by atoms with E-state index in [0.29, 0.717) is 10.9 Å². The Morgan fingerprint density at radius 1 is 1.07 bits per heavy atom. The number of phenols is 1. The third-order valence-electron chi connectivity index (χ3n) is 5.00. The molecule has 0 radical (unpaired) electrons. The van der Waals surface area contributed by atoms with Crippen LogP contribution in [0.2, 0.25) is 0 Å². The highest BCUT2D eigenvalue weighted by Gasteiger charge is 2.27. The molecule has 1 aliphatic rings. The van der Waals surface area contributed by atoms with Crippen LogP contribution in [-0.2, 0) is 0 Å². The van der Waals surface area contributed by atoms with Crippen LogP contribution in [0.25, 0.3) is 0 Å². The molecule has 0 bridgehead atoms. The molecule has 0 aromatic heterocycles. The van der Waals surface area contributed by atoms with Gasteiger partial charge in [0.15, 0.2) is 0 Å². The summed E-state index contributed by atoms with van der Waals surface area (Å²) < 4.78 is 14.1. The maximum absolute atomic E-state index is 13.7. The predicted octanol–water partition coefficient (Wildman–Crippen LogP) is 5.82. The quantitative estimate of drug-likeness (QED) is 0.540. The molecule has 0 saturated carbocycles. The zero-order valence-electron chi connectivity index (χ0n) is 15.4. The molecule has 0 saturated heterocycles. The fourth-order valence-corrected chi connectivity index (χ4v) is 3.86. The largest absolute Gasteiger partial charge is 0.508 e. The first-order valence-corrected chi connectivity index (χ1v) is 9.93. The van der Waals surface area contributed by atoms with Gasteiger partial charge < -0.3 is 5.11 Å². The van der Waals surface area contributed by atoms with Crippen LogP contribution in [0.1, 0.15) is 40.9 Å². The normalized spacial score (nSPS) is 19.3. The van der Waals surface area contributed by atoms with Gasteiger partial charge in [0.2, 0.25) is 0 Å². The molecule has 3 nitrogen and oxygen atoms in total. The Labute approximate surface area is 172 Å². The molecule has 0 aliphatic carbocycles. The van der Waals surface area contributed by atoms with E-state index in [9.17, 15) is 9.50 Å². The molecule has 3 aromatic carbocycles. The van der Waals surface area contributed by atoms with Crippen LogP contribution in [0.5, 0.6) is 5.75 Å². The zero-order valence-corrected chi connectivity index (χ0v) is 16.9. The minimum Gasteiger partial charge on any atom is -0.508 e. The number of hydrogen-bond acceptors (Lipinski definition) is 3. The number of para-hydroxylation sites is 1. The summed E-state index contributed by atoms with van der Waals surface area (Å²) in [4.78, 5) is 4.91. The molecule has 0 unspecified atom stereocenters. The van der Waals surface area contributed by atoms with E-state index in [1.807, 2.05) is 18.2 Å². The number of aliphatic imine (C=N–C) groups is 1. The second-order valence-corrected chi connectivity index (χ2v) is 7.85. The molecule has 4 rings (SSSR count). The summed E-state index contributed by atoms with van der Waals surface area (Å²) in [6.07, 6.45) is 0.311. The van der Waals surface area contributed by atoms with E-state index in [1.165, 1.54) is 11.6 Å². The van der Waals surface area contributed by atoms with Gasteiger partial charge in [0, 0.05) is 23.7 Å². The highest BCUT2D eigenvalue weighted by atomic mass is 79.9. The fourth-order valence-electron chi connectivity index (χ4n) is 3.46. The molecule has 0 amide bonds. The lowest BCUT2D eigenvalue weighted by atomic mass is 9.93. The lowest BCUT2D eigenvalue weighted by Crippen LogP contribution is -2.33. The first kappa shape index (κ1) is 18.8. The van der Waals surface area contributed by atoms with E-state index < -0.39 is 0 Å². The van der Waals surface area contributed by atoms with Crippen molar-refractivity contribution in [2.24, 2.45) is 4.99 Å². The lowest BCUT2D eigenvalue weighted by Gasteiger charge is -2.31. The molecule has 1 heterocycles. The number of rotatable bonds is 3. The molecular weight excluding hydrogens is 419 g/mol. The van der Waals surface area contributed by atoms with Gasteiger partial charge >= 0.3 is 0 Å². The van der Waals surface area contributed by atoms with Gasteiger partial charge in [-0.25, -0.2) is 4.39 Å². The summed E-state index contributed by atoms with van der Waals surface area (Å²) in [5, 5.41) is 13.9. The smallest absolute Gasteiger partial charge is 0.137 e. The first-order valence-electron chi connectivity index (χ1n) is 9.14. The van der Waals surface area contributed by atoms with Crippen molar-refractivity contribution in [1.82, 2.24) is 5.32 Å². The highest BCUT2D eigenvalue weighted by Crippen LogP contribution is 2.35. The van der Waals surface area contributed by atoms with Gasteiger partial charge in [-0.15, -0.1) is 0 Å². The van der Waals surface area contributed by atoms with Crippen LogP contribution < -0.4 is 5.32 Å². The Morgan fingerprint density at radius 2 is 1.82 bits per heavy atom. The number of aryl methyl sites for hydroxylation is 1. The monoisotopic (exact) mass is 438 g/mol. The fraction of sp³-hybridized carbons (Fsp3) is 0.174. The Morgan fingerprint density at radius 3 is 2.54 bits per heavy atom. The summed E-state index contributed by atoms with van der Waals surface area (Å²) >= 11 is 3.26. The van der Waals surface area contributed by atoms with Crippen molar-refractivity contribution in [3.8, 4) is 5.75 Å². The van der Waals surface area contributed by atoms with E-state index in [0.717, 1.165) is 22.4 Å². The Hall–Kier alpha value is -2.50. The molecule has 28 heavy (non-hydrogen) atoms. The molecule has 1 aliphatic heterocycles. The van der Waals surface area contributed by atoms with Gasteiger partial charge in [0.25, 0.3) is 0 Å². The van der Waals surface area contributed by atoms with Crippen molar-refractivity contribution in [3.63, 3.8) is 0 Å². The van der Waals surface area contributed by atoms with Crippen molar-refractivity contribution >= 4 is 21.6 Å². The van der Waals surface area contributed by atoms with Gasteiger partial charge in [0.1, 0.15) is 17.7 Å². The van der Waals surface area contributed by atoms with Crippen molar-refractivity contribution < 1.29 is 9.50 Å². The Bertz CT molecular complexity index is 1030. The topological polar surface area (TPSA) is 44.6 Å². The van der Waals surface area contributed by atoms with E-state index >= 15 is 0 Å². The average Bonchev–Trinajstić information content (AvgIpc) is 2.70. The molecule has 2 N–H and O–H groups in total. The number of nitrogens with one attached hydrogen (secondary N) is 1. The standard InChI is InChI=1S/C23H20BrFN2O/c1-14-6-8-15(9-7-14)20-13-21(17-4-2-3-5-22(17)28)27-23(26-20)16-10-11-19(25)18(24)12-16/h2-12,21,23,27-28H,13H2,1H3/t21-,23+/m0/s1. The number of phenolic OH excluding ortho intramolecular Hbond substituents is 1. The lowest BCUT2D eigenvalue weighted by molar-refractivity contribution is 0.412. The van der Waals surface area contributed by atoms with Gasteiger partial charge in [0.05, 0.1) is 4.47 Å². The Kier molecular flexibility index (Phi) is 5.29. The van der Waals surface area contributed by atoms with Crippen LogP contribution in [0.3, 0.4) is 0 Å². The summed E-state index contributed by atoms with van der Waals surface area (Å²) in [6.45, 7) is 2.05. The van der Waals surface area contributed by atoms with Crippen LogP contribution in [0, 0.1) is 12.7 Å². The van der Waals surface area contributed by atoms with E-state index in [1.54, 1.807) is 18.2 Å². The number of benzene rings is 3. The predicted molar refractivity (Wildman–Crippen MR) is 113 cm³/mol. The van der Waals surface area contributed by atoms with Crippen LogP contribution in [-0.4, -0.2) is 10.8 Å². The van der Waals surface area contributed by atoms with Crippen LogP contribution in [0.15, 0.2) is 76.2 Å². The van der Waals surface area contributed by atoms with Crippen molar-refractivity contribution in [1.29, 1.82) is 0 Å². The summed E-state index contributed by atoms with van der Waals surface area (Å²) in [7, 11) is 0. The van der Waals surface area contributed by atoms with E-state index in [-0.39, 0.29) is 23.8 Å². The second kappa shape index (κ2) is 7.86. The summed E-state index contributed by atoms with van der Waals surface area (Å²) in [5.41, 5.74) is 4.89. The van der Waals surface area contributed by atoms with Gasteiger partial charge in [-0.05, 0) is 52.2 Å². The third-order valence-corrected chi connectivity index (χ3v) is 5.61. The van der Waals surface area contributed by atoms with Crippen LogP contribution >= 0.6 is 15.9 Å². The Balaban J connectivity index is 1.77. The first-order chi connectivity index (χ1) is 13.5. The number of aromatic hydroxyl groups is 1. The van der Waals surface area contributed by atoms with Gasteiger partial charge in [-0.2, -0.15) is 0 Å². The van der Waals surface area contributed by atoms with Gasteiger partial charge in [-0.3, -0.25) is 10.3 Å². The van der Waals surface area contributed by atoms with Crippen molar-refractivity contribution in [2.45, 2.75) is 25.6 Å². The molecule has 2 atom stereocenters. The number of hydrogen-bond donors (Lipinski definition) is 2. The molecule has 3 aromatic rings. The number of halogens is 2. The van der Waals surface area contributed by atoms with Crippen molar-refractivity contribution in [3.05, 3.63) is 99.3 Å². The number of nitrogens with zero attached hydrogens (tertiary/aromatic N) is 1. The minimum atomic E-state index is -0.341. The molecule has 142 valence electrons.